The Labute approximate surface area is 143 Å². The van der Waals surface area contributed by atoms with Crippen LogP contribution in [0, 0.1) is 0 Å². The van der Waals surface area contributed by atoms with E-state index in [4.69, 9.17) is 10.5 Å². The number of anilines is 1. The van der Waals surface area contributed by atoms with Crippen LogP contribution in [-0.2, 0) is 17.6 Å². The fraction of sp³-hybridized carbons (Fsp3) is 0.278. The van der Waals surface area contributed by atoms with Crippen LogP contribution in [0.5, 0.6) is 5.75 Å². The Bertz CT molecular complexity index is 615. The highest BCUT2D eigenvalue weighted by Crippen LogP contribution is 2.13. The number of methoxy groups -OCH3 is 1. The first-order valence-electron chi connectivity index (χ1n) is 7.41. The SMILES string of the molecule is COc1cccc(CCCNC(=O)Cc2ccc(N)cc2)c1.Cl. The molecule has 0 aromatic heterocycles. The van der Waals surface area contributed by atoms with Gasteiger partial charge < -0.3 is 15.8 Å². The Hall–Kier alpha value is -2.20. The highest BCUT2D eigenvalue weighted by molar-refractivity contribution is 5.85. The van der Waals surface area contributed by atoms with E-state index >= 15 is 0 Å². The van der Waals surface area contributed by atoms with Crippen LogP contribution in [0.1, 0.15) is 17.5 Å². The largest absolute Gasteiger partial charge is 0.497 e. The van der Waals surface area contributed by atoms with E-state index in [1.54, 1.807) is 7.11 Å². The maximum absolute atomic E-state index is 11.8. The number of ether oxygens (including phenoxy) is 1. The van der Waals surface area contributed by atoms with Crippen molar-refractivity contribution < 1.29 is 9.53 Å². The second-order valence-electron chi connectivity index (χ2n) is 5.22. The minimum atomic E-state index is 0. The second-order valence-corrected chi connectivity index (χ2v) is 5.22. The molecule has 5 heteroatoms. The van der Waals surface area contributed by atoms with E-state index in [9.17, 15) is 4.79 Å². The van der Waals surface area contributed by atoms with E-state index in [-0.39, 0.29) is 18.3 Å². The van der Waals surface area contributed by atoms with Crippen molar-refractivity contribution >= 4 is 24.0 Å². The maximum atomic E-state index is 11.8. The Morgan fingerprint density at radius 2 is 1.87 bits per heavy atom. The number of aryl methyl sites for hydroxylation is 1. The van der Waals surface area contributed by atoms with E-state index in [0.717, 1.165) is 24.2 Å². The van der Waals surface area contributed by atoms with Crippen LogP contribution >= 0.6 is 12.4 Å². The van der Waals surface area contributed by atoms with Crippen LogP contribution in [-0.4, -0.2) is 19.6 Å². The van der Waals surface area contributed by atoms with Crippen molar-refractivity contribution in [1.82, 2.24) is 5.32 Å². The average Bonchev–Trinajstić information content (AvgIpc) is 2.54. The highest BCUT2D eigenvalue weighted by atomic mass is 35.5. The predicted octanol–water partition coefficient (Wildman–Crippen LogP) is 2.99. The Balaban J connectivity index is 0.00000264. The van der Waals surface area contributed by atoms with Crippen molar-refractivity contribution in [2.24, 2.45) is 0 Å². The standard InChI is InChI=1S/C18H22N2O2.ClH/c1-22-17-6-2-4-14(12-17)5-3-11-20-18(21)13-15-7-9-16(19)10-8-15;/h2,4,6-10,12H,3,5,11,13,19H2,1H3,(H,20,21);1H. The van der Waals surface area contributed by atoms with Gasteiger partial charge in [-0.15, -0.1) is 12.4 Å². The predicted molar refractivity (Wildman–Crippen MR) is 96.1 cm³/mol. The molecule has 0 saturated heterocycles. The Kier molecular flexibility index (Phi) is 7.98. The van der Waals surface area contributed by atoms with Crippen molar-refractivity contribution in [3.8, 4) is 5.75 Å². The van der Waals surface area contributed by atoms with Crippen LogP contribution in [0.3, 0.4) is 0 Å². The number of benzene rings is 2. The third-order valence-electron chi connectivity index (χ3n) is 3.44. The smallest absolute Gasteiger partial charge is 0.224 e. The molecule has 1 amide bonds. The third-order valence-corrected chi connectivity index (χ3v) is 3.44. The maximum Gasteiger partial charge on any atom is 0.224 e. The topological polar surface area (TPSA) is 64.3 Å². The summed E-state index contributed by atoms with van der Waals surface area (Å²) in [5, 5.41) is 2.94. The number of rotatable bonds is 7. The number of amides is 1. The molecule has 0 aliphatic carbocycles. The van der Waals surface area contributed by atoms with Crippen LogP contribution in [0.4, 0.5) is 5.69 Å². The number of carbonyl (C=O) groups is 1. The molecule has 2 aromatic carbocycles. The number of carbonyl (C=O) groups excluding carboxylic acids is 1. The monoisotopic (exact) mass is 334 g/mol. The van der Waals surface area contributed by atoms with Gasteiger partial charge in [0.25, 0.3) is 0 Å². The van der Waals surface area contributed by atoms with Gasteiger partial charge >= 0.3 is 0 Å². The van der Waals surface area contributed by atoms with Crippen LogP contribution < -0.4 is 15.8 Å². The molecule has 0 saturated carbocycles. The number of nitrogens with one attached hydrogen (secondary N) is 1. The Morgan fingerprint density at radius 3 is 2.57 bits per heavy atom. The lowest BCUT2D eigenvalue weighted by atomic mass is 10.1. The number of nitrogen functional groups attached to an aromatic ring is 1. The van der Waals surface area contributed by atoms with Gasteiger partial charge in [0.05, 0.1) is 13.5 Å². The lowest BCUT2D eigenvalue weighted by Gasteiger charge is -2.07. The molecule has 0 bridgehead atoms. The van der Waals surface area contributed by atoms with Gasteiger partial charge in [0.15, 0.2) is 0 Å². The summed E-state index contributed by atoms with van der Waals surface area (Å²) in [7, 11) is 1.66. The summed E-state index contributed by atoms with van der Waals surface area (Å²) < 4.78 is 5.20. The normalized spacial score (nSPS) is 9.78. The van der Waals surface area contributed by atoms with Crippen LogP contribution in [0.25, 0.3) is 0 Å². The van der Waals surface area contributed by atoms with E-state index in [0.29, 0.717) is 18.7 Å². The van der Waals surface area contributed by atoms with Crippen molar-refractivity contribution in [1.29, 1.82) is 0 Å². The van der Waals surface area contributed by atoms with Crippen LogP contribution in [0.15, 0.2) is 48.5 Å². The summed E-state index contributed by atoms with van der Waals surface area (Å²) >= 11 is 0. The van der Waals surface area contributed by atoms with Crippen molar-refractivity contribution in [2.45, 2.75) is 19.3 Å². The summed E-state index contributed by atoms with van der Waals surface area (Å²) in [6, 6.07) is 15.4. The summed E-state index contributed by atoms with van der Waals surface area (Å²) in [5.41, 5.74) is 8.52. The van der Waals surface area contributed by atoms with Crippen molar-refractivity contribution in [2.75, 3.05) is 19.4 Å². The summed E-state index contributed by atoms with van der Waals surface area (Å²) in [4.78, 5) is 11.8. The molecule has 2 rings (SSSR count). The van der Waals surface area contributed by atoms with E-state index in [2.05, 4.69) is 11.4 Å². The van der Waals surface area contributed by atoms with E-state index in [1.807, 2.05) is 42.5 Å². The molecule has 2 aromatic rings. The zero-order valence-electron chi connectivity index (χ0n) is 13.2. The number of nitrogens with two attached hydrogens (primary N) is 1. The lowest BCUT2D eigenvalue weighted by molar-refractivity contribution is -0.120. The van der Waals surface area contributed by atoms with Gasteiger partial charge in [-0.25, -0.2) is 0 Å². The zero-order chi connectivity index (χ0) is 15.8. The minimum absolute atomic E-state index is 0. The van der Waals surface area contributed by atoms with Gasteiger partial charge in [-0.05, 0) is 48.2 Å². The minimum Gasteiger partial charge on any atom is -0.497 e. The lowest BCUT2D eigenvalue weighted by Crippen LogP contribution is -2.26. The highest BCUT2D eigenvalue weighted by Gasteiger charge is 2.03. The second kappa shape index (κ2) is 9.74. The van der Waals surface area contributed by atoms with Crippen LogP contribution in [0.2, 0.25) is 0 Å². The Morgan fingerprint density at radius 1 is 1.13 bits per heavy atom. The fourth-order valence-electron chi connectivity index (χ4n) is 2.23. The van der Waals surface area contributed by atoms with Crippen molar-refractivity contribution in [3.05, 3.63) is 59.7 Å². The van der Waals surface area contributed by atoms with Gasteiger partial charge in [-0.2, -0.15) is 0 Å². The molecule has 0 radical (unpaired) electrons. The van der Waals surface area contributed by atoms with Crippen molar-refractivity contribution in [3.63, 3.8) is 0 Å². The quantitative estimate of drug-likeness (QED) is 0.604. The molecular weight excluding hydrogens is 312 g/mol. The molecule has 0 atom stereocenters. The van der Waals surface area contributed by atoms with E-state index in [1.165, 1.54) is 5.56 Å². The molecular formula is C18H23ClN2O2. The van der Waals surface area contributed by atoms with E-state index < -0.39 is 0 Å². The first-order chi connectivity index (χ1) is 10.7. The van der Waals surface area contributed by atoms with Gasteiger partial charge in [-0.3, -0.25) is 4.79 Å². The zero-order valence-corrected chi connectivity index (χ0v) is 14.1. The average molecular weight is 335 g/mol. The van der Waals surface area contributed by atoms with Gasteiger partial charge in [0, 0.05) is 12.2 Å². The molecule has 4 nitrogen and oxygen atoms in total. The molecule has 3 N–H and O–H groups in total. The molecule has 0 fully saturated rings. The summed E-state index contributed by atoms with van der Waals surface area (Å²) in [5.74, 6) is 0.903. The van der Waals surface area contributed by atoms with Gasteiger partial charge in [0.2, 0.25) is 5.91 Å². The third kappa shape index (κ3) is 6.61. The molecule has 0 aliphatic rings. The first-order valence-corrected chi connectivity index (χ1v) is 7.41. The fourth-order valence-corrected chi connectivity index (χ4v) is 2.23. The molecule has 23 heavy (non-hydrogen) atoms. The first kappa shape index (κ1) is 18.8. The molecule has 0 heterocycles. The molecule has 0 aliphatic heterocycles. The molecule has 0 unspecified atom stereocenters. The summed E-state index contributed by atoms with van der Waals surface area (Å²) in [6.45, 7) is 0.672. The van der Waals surface area contributed by atoms with Gasteiger partial charge in [-0.1, -0.05) is 24.3 Å². The number of hydrogen-bond donors (Lipinski definition) is 2. The number of hydrogen-bond acceptors (Lipinski definition) is 3. The molecule has 124 valence electrons. The number of halogens is 1. The molecule has 0 spiro atoms. The van der Waals surface area contributed by atoms with Gasteiger partial charge in [0.1, 0.15) is 5.75 Å². The summed E-state index contributed by atoms with van der Waals surface area (Å²) in [6.07, 6.45) is 2.21.